The lowest BCUT2D eigenvalue weighted by Gasteiger charge is -2.23. The van der Waals surface area contributed by atoms with Gasteiger partial charge in [0.2, 0.25) is 0 Å². The molecule has 1 aliphatic rings. The molecule has 2 aromatic carbocycles. The summed E-state index contributed by atoms with van der Waals surface area (Å²) in [6, 6.07) is 14.2. The topological polar surface area (TPSA) is 73.6 Å². The molecule has 1 aliphatic heterocycles. The molecule has 0 saturated heterocycles. The average Bonchev–Trinajstić information content (AvgIpc) is 2.54. The van der Waals surface area contributed by atoms with E-state index in [2.05, 4.69) is 12.1 Å². The average molecular weight is 291 g/mol. The number of benzene rings is 2. The molecule has 2 N–H and O–H groups in total. The number of hydrogen-bond acceptors (Lipinski definition) is 4. The van der Waals surface area contributed by atoms with Gasteiger partial charge in [-0.05, 0) is 28.9 Å². The highest BCUT2D eigenvalue weighted by Gasteiger charge is 2.25. The Morgan fingerprint density at radius 2 is 1.71 bits per heavy atom. The van der Waals surface area contributed by atoms with Gasteiger partial charge >= 0.3 is 0 Å². The Kier molecular flexibility index (Phi) is 3.56. The Labute approximate surface area is 128 Å². The standard InChI is InChI=1S/C17H13N3S/c18-8-13-12-6-7-21-10-15(12)16(14(9-19)17(13)20)11-4-2-1-3-5-11/h1-5H,6-7,10,20H2. The summed E-state index contributed by atoms with van der Waals surface area (Å²) in [5.74, 6) is 1.81. The number of rotatable bonds is 1. The van der Waals surface area contributed by atoms with Gasteiger partial charge in [0, 0.05) is 11.3 Å². The number of fused-ring (bicyclic) bond motifs is 1. The molecular weight excluding hydrogens is 278 g/mol. The lowest BCUT2D eigenvalue weighted by molar-refractivity contribution is 1.08. The molecule has 2 aromatic rings. The molecule has 3 nitrogen and oxygen atoms in total. The lowest BCUT2D eigenvalue weighted by Crippen LogP contribution is -2.12. The van der Waals surface area contributed by atoms with Gasteiger partial charge in [-0.3, -0.25) is 0 Å². The second-order valence-corrected chi connectivity index (χ2v) is 5.99. The van der Waals surface area contributed by atoms with Gasteiger partial charge in [-0.2, -0.15) is 22.3 Å². The van der Waals surface area contributed by atoms with E-state index in [9.17, 15) is 10.5 Å². The molecule has 0 aromatic heterocycles. The van der Waals surface area contributed by atoms with Crippen LogP contribution in [0.15, 0.2) is 30.3 Å². The monoisotopic (exact) mass is 291 g/mol. The zero-order chi connectivity index (χ0) is 14.8. The predicted octanol–water partition coefficient (Wildman–Crippen LogP) is 3.47. The molecule has 4 heteroatoms. The van der Waals surface area contributed by atoms with Crippen molar-refractivity contribution in [1.82, 2.24) is 0 Å². The van der Waals surface area contributed by atoms with E-state index in [1.807, 2.05) is 42.1 Å². The van der Waals surface area contributed by atoms with Crippen molar-refractivity contribution in [3.8, 4) is 23.3 Å². The van der Waals surface area contributed by atoms with E-state index in [4.69, 9.17) is 5.73 Å². The molecule has 1 heterocycles. The molecular formula is C17H13N3S. The van der Waals surface area contributed by atoms with Gasteiger partial charge in [0.15, 0.2) is 0 Å². The summed E-state index contributed by atoms with van der Waals surface area (Å²) in [5, 5.41) is 18.9. The first-order chi connectivity index (χ1) is 10.3. The molecule has 0 amide bonds. The van der Waals surface area contributed by atoms with Crippen molar-refractivity contribution in [2.24, 2.45) is 0 Å². The maximum absolute atomic E-state index is 9.54. The fraction of sp³-hybridized carbons (Fsp3) is 0.176. The van der Waals surface area contributed by atoms with Gasteiger partial charge in [-0.15, -0.1) is 0 Å². The van der Waals surface area contributed by atoms with Gasteiger partial charge in [-0.1, -0.05) is 30.3 Å². The van der Waals surface area contributed by atoms with Crippen LogP contribution in [0.3, 0.4) is 0 Å². The summed E-state index contributed by atoms with van der Waals surface area (Å²) < 4.78 is 0. The Hall–Kier alpha value is -2.43. The van der Waals surface area contributed by atoms with Crippen molar-refractivity contribution in [2.45, 2.75) is 12.2 Å². The minimum absolute atomic E-state index is 0.324. The van der Waals surface area contributed by atoms with Gasteiger partial charge < -0.3 is 5.73 Å². The molecule has 0 aliphatic carbocycles. The van der Waals surface area contributed by atoms with Crippen molar-refractivity contribution in [3.05, 3.63) is 52.6 Å². The minimum atomic E-state index is 0.324. The first kappa shape index (κ1) is 13.5. The smallest absolute Gasteiger partial charge is 0.102 e. The van der Waals surface area contributed by atoms with Gasteiger partial charge in [0.1, 0.15) is 12.1 Å². The molecule has 102 valence electrons. The quantitative estimate of drug-likeness (QED) is 0.816. The number of nitrogen functional groups attached to an aromatic ring is 1. The highest BCUT2D eigenvalue weighted by atomic mass is 32.2. The van der Waals surface area contributed by atoms with Crippen molar-refractivity contribution >= 4 is 17.4 Å². The molecule has 0 fully saturated rings. The number of thioether (sulfide) groups is 1. The van der Waals surface area contributed by atoms with Crippen LogP contribution in [-0.4, -0.2) is 5.75 Å². The van der Waals surface area contributed by atoms with Crippen LogP contribution in [-0.2, 0) is 12.2 Å². The Morgan fingerprint density at radius 3 is 2.38 bits per heavy atom. The molecule has 0 unspecified atom stereocenters. The van der Waals surface area contributed by atoms with Crippen molar-refractivity contribution in [3.63, 3.8) is 0 Å². The third kappa shape index (κ3) is 2.14. The second-order valence-electron chi connectivity index (χ2n) is 4.89. The van der Waals surface area contributed by atoms with Gasteiger partial charge in [0.05, 0.1) is 16.8 Å². The third-order valence-electron chi connectivity index (χ3n) is 3.79. The van der Waals surface area contributed by atoms with E-state index >= 15 is 0 Å². The molecule has 0 spiro atoms. The lowest BCUT2D eigenvalue weighted by atomic mass is 9.86. The Balaban J connectivity index is 2.42. The molecule has 0 atom stereocenters. The number of nitrogens with two attached hydrogens (primary N) is 1. The largest absolute Gasteiger partial charge is 0.397 e. The van der Waals surface area contributed by atoms with E-state index in [0.717, 1.165) is 40.2 Å². The third-order valence-corrected chi connectivity index (χ3v) is 4.77. The van der Waals surface area contributed by atoms with Crippen LogP contribution in [0, 0.1) is 22.7 Å². The highest BCUT2D eigenvalue weighted by molar-refractivity contribution is 7.98. The van der Waals surface area contributed by atoms with Crippen LogP contribution in [0.4, 0.5) is 5.69 Å². The number of nitrogens with zero attached hydrogens (tertiary/aromatic N) is 2. The summed E-state index contributed by atoms with van der Waals surface area (Å²) in [6.45, 7) is 0. The van der Waals surface area contributed by atoms with Gasteiger partial charge in [-0.25, -0.2) is 0 Å². The zero-order valence-electron chi connectivity index (χ0n) is 11.4. The summed E-state index contributed by atoms with van der Waals surface area (Å²) >= 11 is 1.83. The van der Waals surface area contributed by atoms with Gasteiger partial charge in [0.25, 0.3) is 0 Å². The molecule has 0 radical (unpaired) electrons. The predicted molar refractivity (Wildman–Crippen MR) is 85.6 cm³/mol. The maximum Gasteiger partial charge on any atom is 0.102 e. The molecule has 0 saturated carbocycles. The van der Waals surface area contributed by atoms with Crippen LogP contribution in [0.1, 0.15) is 22.3 Å². The summed E-state index contributed by atoms with van der Waals surface area (Å²) in [4.78, 5) is 0. The van der Waals surface area contributed by atoms with E-state index in [-0.39, 0.29) is 0 Å². The van der Waals surface area contributed by atoms with Crippen LogP contribution in [0.2, 0.25) is 0 Å². The molecule has 0 bridgehead atoms. The fourth-order valence-electron chi connectivity index (χ4n) is 2.83. The number of hydrogen-bond donors (Lipinski definition) is 1. The van der Waals surface area contributed by atoms with Crippen LogP contribution in [0.25, 0.3) is 11.1 Å². The maximum atomic E-state index is 9.54. The van der Waals surface area contributed by atoms with Crippen LogP contribution < -0.4 is 5.73 Å². The van der Waals surface area contributed by atoms with Crippen molar-refractivity contribution in [2.75, 3.05) is 11.5 Å². The number of anilines is 1. The molecule has 21 heavy (non-hydrogen) atoms. The fourth-order valence-corrected chi connectivity index (χ4v) is 3.84. The Bertz CT molecular complexity index is 783. The van der Waals surface area contributed by atoms with Crippen molar-refractivity contribution in [1.29, 1.82) is 10.5 Å². The first-order valence-corrected chi connectivity index (χ1v) is 7.84. The van der Waals surface area contributed by atoms with E-state index < -0.39 is 0 Å². The second kappa shape index (κ2) is 5.52. The minimum Gasteiger partial charge on any atom is -0.397 e. The van der Waals surface area contributed by atoms with Crippen LogP contribution >= 0.6 is 11.8 Å². The Morgan fingerprint density at radius 1 is 1.00 bits per heavy atom. The zero-order valence-corrected chi connectivity index (χ0v) is 12.2. The van der Waals surface area contributed by atoms with E-state index in [1.165, 1.54) is 0 Å². The number of nitriles is 2. The molecule has 3 rings (SSSR count). The van der Waals surface area contributed by atoms with E-state index in [0.29, 0.717) is 16.8 Å². The summed E-state index contributed by atoms with van der Waals surface area (Å²) in [6.07, 6.45) is 0.832. The normalized spacial score (nSPS) is 13.0. The van der Waals surface area contributed by atoms with Crippen molar-refractivity contribution < 1.29 is 0 Å². The first-order valence-electron chi connectivity index (χ1n) is 6.68. The highest BCUT2D eigenvalue weighted by Crippen LogP contribution is 2.41. The SMILES string of the molecule is N#Cc1c(N)c(C#N)c(-c2ccccc2)c2c1CCSC2. The van der Waals surface area contributed by atoms with E-state index in [1.54, 1.807) is 0 Å². The van der Waals surface area contributed by atoms with Crippen LogP contribution in [0.5, 0.6) is 0 Å². The summed E-state index contributed by atoms with van der Waals surface area (Å²) in [5.41, 5.74) is 11.4. The summed E-state index contributed by atoms with van der Waals surface area (Å²) in [7, 11) is 0.